The second-order valence-electron chi connectivity index (χ2n) is 6.65. The molecule has 142 valence electrons. The first-order valence-corrected chi connectivity index (χ1v) is 8.82. The molecule has 1 fully saturated rings. The summed E-state index contributed by atoms with van der Waals surface area (Å²) >= 11 is 0. The molecule has 2 N–H and O–H groups in total. The predicted octanol–water partition coefficient (Wildman–Crippen LogP) is 2.06. The van der Waals surface area contributed by atoms with Gasteiger partial charge >= 0.3 is 5.97 Å². The minimum atomic E-state index is -0.987. The SMILES string of the molecule is Cc1c(C(=O)Nc2cccc(C(=O)N3CCCCC3C(=O)O)c2)cnn1C. The topological polar surface area (TPSA) is 105 Å². The van der Waals surface area contributed by atoms with Crippen LogP contribution in [0.4, 0.5) is 5.69 Å². The summed E-state index contributed by atoms with van der Waals surface area (Å²) in [6.45, 7) is 2.21. The van der Waals surface area contributed by atoms with Crippen molar-refractivity contribution < 1.29 is 19.5 Å². The standard InChI is InChI=1S/C19H22N4O4/c1-12-15(11-20-22(12)2)17(24)21-14-7-5-6-13(10-14)18(25)23-9-4-3-8-16(23)19(26)27/h5-7,10-11,16H,3-4,8-9H2,1-2H3,(H,21,24)(H,26,27). The van der Waals surface area contributed by atoms with Gasteiger partial charge in [0.25, 0.3) is 11.8 Å². The molecule has 0 saturated carbocycles. The minimum Gasteiger partial charge on any atom is -0.480 e. The number of aryl methyl sites for hydroxylation is 1. The van der Waals surface area contributed by atoms with Gasteiger partial charge in [-0.2, -0.15) is 5.10 Å². The molecule has 0 aliphatic carbocycles. The maximum Gasteiger partial charge on any atom is 0.326 e. The number of hydrogen-bond acceptors (Lipinski definition) is 4. The van der Waals surface area contributed by atoms with Crippen LogP contribution >= 0.6 is 0 Å². The number of amides is 2. The molecule has 1 unspecified atom stereocenters. The van der Waals surface area contributed by atoms with Gasteiger partial charge in [0.2, 0.25) is 0 Å². The van der Waals surface area contributed by atoms with E-state index in [1.165, 1.54) is 11.1 Å². The van der Waals surface area contributed by atoms with E-state index in [-0.39, 0.29) is 11.8 Å². The van der Waals surface area contributed by atoms with E-state index in [0.717, 1.165) is 18.5 Å². The van der Waals surface area contributed by atoms with Gasteiger partial charge in [-0.3, -0.25) is 14.3 Å². The number of aliphatic carboxylic acids is 1. The number of piperidine rings is 1. The molecule has 0 spiro atoms. The highest BCUT2D eigenvalue weighted by Gasteiger charge is 2.32. The number of carboxylic acid groups (broad SMARTS) is 1. The van der Waals surface area contributed by atoms with Gasteiger partial charge in [0, 0.05) is 30.5 Å². The molecule has 2 aromatic rings. The summed E-state index contributed by atoms with van der Waals surface area (Å²) in [4.78, 5) is 38.1. The van der Waals surface area contributed by atoms with Crippen molar-refractivity contribution >= 4 is 23.5 Å². The first-order chi connectivity index (χ1) is 12.9. The van der Waals surface area contributed by atoms with Crippen LogP contribution in [0.2, 0.25) is 0 Å². The number of rotatable bonds is 4. The van der Waals surface area contributed by atoms with Crippen LogP contribution in [0.25, 0.3) is 0 Å². The third-order valence-corrected chi connectivity index (χ3v) is 4.90. The fourth-order valence-corrected chi connectivity index (χ4v) is 3.25. The Bertz CT molecular complexity index is 890. The Labute approximate surface area is 156 Å². The van der Waals surface area contributed by atoms with Crippen molar-refractivity contribution in [2.24, 2.45) is 7.05 Å². The van der Waals surface area contributed by atoms with Gasteiger partial charge in [-0.05, 0) is 44.4 Å². The largest absolute Gasteiger partial charge is 0.480 e. The van der Waals surface area contributed by atoms with Crippen molar-refractivity contribution in [3.63, 3.8) is 0 Å². The predicted molar refractivity (Wildman–Crippen MR) is 98.7 cm³/mol. The number of likely N-dealkylation sites (tertiary alicyclic amines) is 1. The van der Waals surface area contributed by atoms with Gasteiger partial charge in [0.05, 0.1) is 11.8 Å². The molecule has 0 bridgehead atoms. The van der Waals surface area contributed by atoms with Gasteiger partial charge in [0.15, 0.2) is 0 Å². The number of benzene rings is 1. The molecule has 2 heterocycles. The number of nitrogens with zero attached hydrogens (tertiary/aromatic N) is 3. The van der Waals surface area contributed by atoms with E-state index in [2.05, 4.69) is 10.4 Å². The van der Waals surface area contributed by atoms with E-state index in [1.54, 1.807) is 42.9 Å². The molecule has 8 heteroatoms. The molecule has 3 rings (SSSR count). The van der Waals surface area contributed by atoms with Crippen LogP contribution in [0, 0.1) is 6.92 Å². The molecular formula is C19H22N4O4. The number of nitrogens with one attached hydrogen (secondary N) is 1. The molecule has 2 amide bonds. The van der Waals surface area contributed by atoms with E-state index in [4.69, 9.17) is 0 Å². The number of carboxylic acids is 1. The van der Waals surface area contributed by atoms with Crippen molar-refractivity contribution in [2.75, 3.05) is 11.9 Å². The Kier molecular flexibility index (Phi) is 5.25. The van der Waals surface area contributed by atoms with E-state index in [0.29, 0.717) is 29.8 Å². The molecule has 1 saturated heterocycles. The van der Waals surface area contributed by atoms with E-state index in [9.17, 15) is 19.5 Å². The van der Waals surface area contributed by atoms with Crippen LogP contribution in [0.1, 0.15) is 45.7 Å². The van der Waals surface area contributed by atoms with Gasteiger partial charge < -0.3 is 15.3 Å². The lowest BCUT2D eigenvalue weighted by Crippen LogP contribution is -2.48. The van der Waals surface area contributed by atoms with Crippen molar-refractivity contribution in [1.29, 1.82) is 0 Å². The van der Waals surface area contributed by atoms with Crippen molar-refractivity contribution in [2.45, 2.75) is 32.2 Å². The Morgan fingerprint density at radius 3 is 2.70 bits per heavy atom. The maximum atomic E-state index is 12.8. The smallest absolute Gasteiger partial charge is 0.326 e. The molecule has 1 atom stereocenters. The third-order valence-electron chi connectivity index (χ3n) is 4.90. The molecule has 8 nitrogen and oxygen atoms in total. The number of hydrogen-bond donors (Lipinski definition) is 2. The van der Waals surface area contributed by atoms with Crippen LogP contribution in [-0.4, -0.2) is 50.2 Å². The van der Waals surface area contributed by atoms with Gasteiger partial charge in [0.1, 0.15) is 6.04 Å². The maximum absolute atomic E-state index is 12.8. The number of carbonyl (C=O) groups is 3. The van der Waals surface area contributed by atoms with Gasteiger partial charge in [-0.25, -0.2) is 4.79 Å². The molecular weight excluding hydrogens is 348 g/mol. The number of anilines is 1. The molecule has 27 heavy (non-hydrogen) atoms. The van der Waals surface area contributed by atoms with Crippen LogP contribution in [0.15, 0.2) is 30.5 Å². The highest BCUT2D eigenvalue weighted by Crippen LogP contribution is 2.21. The van der Waals surface area contributed by atoms with Crippen molar-refractivity contribution in [1.82, 2.24) is 14.7 Å². The average molecular weight is 370 g/mol. The molecule has 1 aromatic heterocycles. The second-order valence-corrected chi connectivity index (χ2v) is 6.65. The fourth-order valence-electron chi connectivity index (χ4n) is 3.25. The first-order valence-electron chi connectivity index (χ1n) is 8.82. The summed E-state index contributed by atoms with van der Waals surface area (Å²) in [6.07, 6.45) is 3.52. The van der Waals surface area contributed by atoms with Crippen LogP contribution in [-0.2, 0) is 11.8 Å². The summed E-state index contributed by atoms with van der Waals surface area (Å²) in [5.74, 6) is -1.64. The summed E-state index contributed by atoms with van der Waals surface area (Å²) in [5.41, 5.74) is 2.01. The zero-order valence-electron chi connectivity index (χ0n) is 15.3. The number of aromatic nitrogens is 2. The number of carbonyl (C=O) groups excluding carboxylic acids is 2. The zero-order chi connectivity index (χ0) is 19.6. The molecule has 1 aliphatic rings. The Morgan fingerprint density at radius 1 is 1.26 bits per heavy atom. The summed E-state index contributed by atoms with van der Waals surface area (Å²) in [7, 11) is 1.75. The van der Waals surface area contributed by atoms with Crippen LogP contribution < -0.4 is 5.32 Å². The lowest BCUT2D eigenvalue weighted by molar-refractivity contribution is -0.143. The Morgan fingerprint density at radius 2 is 2.04 bits per heavy atom. The molecule has 1 aliphatic heterocycles. The van der Waals surface area contributed by atoms with Gasteiger partial charge in [-0.15, -0.1) is 0 Å². The molecule has 1 aromatic carbocycles. The molecule has 0 radical (unpaired) electrons. The van der Waals surface area contributed by atoms with Crippen LogP contribution in [0.5, 0.6) is 0 Å². The van der Waals surface area contributed by atoms with E-state index in [1.807, 2.05) is 0 Å². The highest BCUT2D eigenvalue weighted by molar-refractivity contribution is 6.05. The second kappa shape index (κ2) is 7.61. The fraction of sp³-hybridized carbons (Fsp3) is 0.368. The van der Waals surface area contributed by atoms with Crippen molar-refractivity contribution in [3.05, 3.63) is 47.3 Å². The van der Waals surface area contributed by atoms with Crippen molar-refractivity contribution in [3.8, 4) is 0 Å². The van der Waals surface area contributed by atoms with E-state index < -0.39 is 12.0 Å². The summed E-state index contributed by atoms with van der Waals surface area (Å²) in [5, 5.41) is 16.2. The summed E-state index contributed by atoms with van der Waals surface area (Å²) in [6, 6.07) is 5.74. The first kappa shape index (κ1) is 18.6. The third kappa shape index (κ3) is 3.84. The van der Waals surface area contributed by atoms with Crippen LogP contribution in [0.3, 0.4) is 0 Å². The normalized spacial score (nSPS) is 16.8. The lowest BCUT2D eigenvalue weighted by atomic mass is 10.0. The zero-order valence-corrected chi connectivity index (χ0v) is 15.3. The minimum absolute atomic E-state index is 0.313. The Balaban J connectivity index is 1.78. The monoisotopic (exact) mass is 370 g/mol. The summed E-state index contributed by atoms with van der Waals surface area (Å²) < 4.78 is 1.61. The van der Waals surface area contributed by atoms with Gasteiger partial charge in [-0.1, -0.05) is 6.07 Å². The van der Waals surface area contributed by atoms with E-state index >= 15 is 0 Å². The Hall–Kier alpha value is -3.16. The lowest BCUT2D eigenvalue weighted by Gasteiger charge is -2.33. The average Bonchev–Trinajstić information content (AvgIpc) is 3.00. The highest BCUT2D eigenvalue weighted by atomic mass is 16.4. The quantitative estimate of drug-likeness (QED) is 0.857.